The molecule has 16 heteroatoms. The van der Waals surface area contributed by atoms with E-state index in [4.69, 9.17) is 9.97 Å². The highest BCUT2D eigenvalue weighted by molar-refractivity contribution is 6.25. The van der Waals surface area contributed by atoms with Gasteiger partial charge in [-0.05, 0) is 73.7 Å². The van der Waals surface area contributed by atoms with E-state index >= 15 is 0 Å². The number of fused-ring (bicyclic) bond motifs is 3. The first kappa shape index (κ1) is 38.5. The SMILES string of the molecule is C=CCn1c(=O)c2cnc(Nc3ccc(N4CC(CN5CCN(c6cccc7c6C(=O)N(C6CCC(=O)NC6=O)C7=O)CC5)C4)cc3)nc2n1-c1ccc2c(n1)C(CC)CC2. The van der Waals surface area contributed by atoms with Crippen molar-refractivity contribution in [3.05, 3.63) is 106 Å². The Kier molecular flexibility index (Phi) is 9.73. The molecule has 4 aliphatic heterocycles. The monoisotopic (exact) mass is 821 g/mol. The number of aryl methyl sites for hydroxylation is 1. The lowest BCUT2D eigenvalue weighted by Gasteiger charge is -2.45. The number of amides is 4. The van der Waals surface area contributed by atoms with Gasteiger partial charge in [0.15, 0.2) is 11.5 Å². The zero-order chi connectivity index (χ0) is 41.9. The topological polar surface area (TPSA) is 171 Å². The van der Waals surface area contributed by atoms with Crippen LogP contribution in [-0.4, -0.2) is 110 Å². The maximum absolute atomic E-state index is 13.6. The van der Waals surface area contributed by atoms with Crippen molar-refractivity contribution in [3.8, 4) is 5.82 Å². The minimum absolute atomic E-state index is 0.0868. The second kappa shape index (κ2) is 15.4. The molecule has 1 aliphatic carbocycles. The summed E-state index contributed by atoms with van der Waals surface area (Å²) in [7, 11) is 0. The Labute approximate surface area is 351 Å². The number of hydrogen-bond acceptors (Lipinski definition) is 12. The van der Waals surface area contributed by atoms with E-state index in [1.807, 2.05) is 24.3 Å². The number of carbonyl (C=O) groups is 4. The highest BCUT2D eigenvalue weighted by Gasteiger charge is 2.46. The molecule has 0 spiro atoms. The fraction of sp³-hybridized carbons (Fsp3) is 0.378. The van der Waals surface area contributed by atoms with Crippen LogP contribution in [-0.2, 0) is 22.6 Å². The summed E-state index contributed by atoms with van der Waals surface area (Å²) in [5.41, 5.74) is 5.99. The largest absolute Gasteiger partial charge is 0.371 e. The number of carbonyl (C=O) groups excluding carboxylic acids is 4. The molecule has 0 radical (unpaired) electrons. The smallest absolute Gasteiger partial charge is 0.278 e. The molecule has 0 bridgehead atoms. The van der Waals surface area contributed by atoms with Crippen LogP contribution in [0.15, 0.2) is 78.2 Å². The number of rotatable bonds is 11. The van der Waals surface area contributed by atoms with Crippen molar-refractivity contribution in [2.45, 2.75) is 57.5 Å². The molecular formula is C45H47N11O5. The predicted octanol–water partition coefficient (Wildman–Crippen LogP) is 4.01. The van der Waals surface area contributed by atoms with Crippen LogP contribution >= 0.6 is 0 Å². The summed E-state index contributed by atoms with van der Waals surface area (Å²) in [6.07, 6.45) is 6.63. The summed E-state index contributed by atoms with van der Waals surface area (Å²) < 4.78 is 3.40. The Morgan fingerprint density at radius 1 is 0.885 bits per heavy atom. The first-order valence-electron chi connectivity index (χ1n) is 21.2. The maximum atomic E-state index is 13.6. The van der Waals surface area contributed by atoms with Crippen LogP contribution in [0.4, 0.5) is 23.0 Å². The van der Waals surface area contributed by atoms with Crippen molar-refractivity contribution in [2.75, 3.05) is 60.9 Å². The minimum atomic E-state index is -0.986. The number of imide groups is 2. The summed E-state index contributed by atoms with van der Waals surface area (Å²) >= 11 is 0. The lowest BCUT2D eigenvalue weighted by molar-refractivity contribution is -0.136. The number of hydrogen-bond donors (Lipinski definition) is 2. The zero-order valence-corrected chi connectivity index (χ0v) is 34.0. The second-order valence-corrected chi connectivity index (χ2v) is 16.7. The molecule has 16 nitrogen and oxygen atoms in total. The third-order valence-corrected chi connectivity index (χ3v) is 13.0. The molecule has 2 atom stereocenters. The van der Waals surface area contributed by atoms with Gasteiger partial charge in [-0.2, -0.15) is 4.98 Å². The van der Waals surface area contributed by atoms with Gasteiger partial charge >= 0.3 is 0 Å². The van der Waals surface area contributed by atoms with Gasteiger partial charge in [-0.25, -0.2) is 19.3 Å². The van der Waals surface area contributed by atoms with E-state index < -0.39 is 29.7 Å². The summed E-state index contributed by atoms with van der Waals surface area (Å²) in [4.78, 5) is 87.2. The van der Waals surface area contributed by atoms with Gasteiger partial charge in [0.1, 0.15) is 11.4 Å². The highest BCUT2D eigenvalue weighted by Crippen LogP contribution is 2.36. The molecule has 61 heavy (non-hydrogen) atoms. The number of anilines is 4. The Hall–Kier alpha value is -6.68. The van der Waals surface area contributed by atoms with Gasteiger partial charge in [0.25, 0.3) is 17.4 Å². The molecule has 2 aromatic carbocycles. The van der Waals surface area contributed by atoms with E-state index in [0.717, 1.165) is 74.0 Å². The number of aromatic nitrogens is 5. The molecule has 7 heterocycles. The number of piperidine rings is 1. The number of pyridine rings is 1. The Bertz CT molecular complexity index is 2680. The van der Waals surface area contributed by atoms with Crippen molar-refractivity contribution < 1.29 is 19.2 Å². The number of nitrogens with zero attached hydrogens (tertiary/aromatic N) is 9. The van der Waals surface area contributed by atoms with E-state index in [2.05, 4.69) is 62.0 Å². The van der Waals surface area contributed by atoms with Crippen LogP contribution in [0.5, 0.6) is 0 Å². The molecular weight excluding hydrogens is 775 g/mol. The summed E-state index contributed by atoms with van der Waals surface area (Å²) in [6, 6.07) is 16.6. The first-order chi connectivity index (χ1) is 29.7. The van der Waals surface area contributed by atoms with E-state index in [0.29, 0.717) is 71.1 Å². The minimum Gasteiger partial charge on any atom is -0.371 e. The number of piperazine rings is 1. The lowest BCUT2D eigenvalue weighted by atomic mass is 9.98. The second-order valence-electron chi connectivity index (χ2n) is 16.7. The predicted molar refractivity (Wildman–Crippen MR) is 230 cm³/mol. The molecule has 312 valence electrons. The van der Waals surface area contributed by atoms with Gasteiger partial charge in [-0.1, -0.05) is 25.1 Å². The average molecular weight is 822 g/mol. The maximum Gasteiger partial charge on any atom is 0.278 e. The van der Waals surface area contributed by atoms with Gasteiger partial charge in [-0.3, -0.25) is 39.1 Å². The fourth-order valence-electron chi connectivity index (χ4n) is 9.73. The Morgan fingerprint density at radius 2 is 1.69 bits per heavy atom. The number of allylic oxidation sites excluding steroid dienone is 1. The molecule has 2 unspecified atom stereocenters. The van der Waals surface area contributed by atoms with Gasteiger partial charge in [-0.15, -0.1) is 6.58 Å². The normalized spacial score (nSPS) is 20.6. The Balaban J connectivity index is 0.754. The summed E-state index contributed by atoms with van der Waals surface area (Å²) in [5, 5.41) is 6.01. The molecule has 3 aromatic heterocycles. The van der Waals surface area contributed by atoms with Crippen molar-refractivity contribution in [1.82, 2.24) is 39.4 Å². The standard InChI is InChI=1S/C45H47N11O5/c1-3-18-54-42(59)33-23-46-45(50-40(33)56(54)36-16-10-29-9-8-28(4-2)39(29)48-36)47-30-11-13-31(14-12-30)53-25-27(26-53)24-51-19-21-52(22-20-51)34-7-5-6-32-38(34)44(61)55(43(32)60)35-15-17-37(57)49-41(35)58/h3,5-7,10-14,16,23,27-28,35H,1,4,8-9,15,17-22,24-26H2,2H3,(H,46,47,50)(H,49,57,58). The molecule has 2 N–H and O–H groups in total. The van der Waals surface area contributed by atoms with Crippen LogP contribution in [0.3, 0.4) is 0 Å². The van der Waals surface area contributed by atoms with Crippen LogP contribution in [0.2, 0.25) is 0 Å². The van der Waals surface area contributed by atoms with Crippen molar-refractivity contribution >= 4 is 57.7 Å². The van der Waals surface area contributed by atoms with Crippen molar-refractivity contribution in [1.29, 1.82) is 0 Å². The number of nitrogens with one attached hydrogen (secondary N) is 2. The van der Waals surface area contributed by atoms with Crippen molar-refractivity contribution in [2.24, 2.45) is 5.92 Å². The average Bonchev–Trinajstić information content (AvgIpc) is 3.88. The van der Waals surface area contributed by atoms with E-state index in [-0.39, 0.29) is 18.4 Å². The van der Waals surface area contributed by atoms with E-state index in [1.54, 1.807) is 33.8 Å². The lowest BCUT2D eigenvalue weighted by Crippen LogP contribution is -2.55. The summed E-state index contributed by atoms with van der Waals surface area (Å²) in [6.45, 7) is 12.3. The first-order valence-corrected chi connectivity index (χ1v) is 21.2. The highest BCUT2D eigenvalue weighted by atomic mass is 16.2. The molecule has 10 rings (SSSR count). The van der Waals surface area contributed by atoms with Gasteiger partial charge in [0.2, 0.25) is 17.8 Å². The fourth-order valence-corrected chi connectivity index (χ4v) is 9.73. The molecule has 5 aromatic rings. The van der Waals surface area contributed by atoms with Gasteiger partial charge in [0.05, 0.1) is 23.4 Å². The van der Waals surface area contributed by atoms with Crippen LogP contribution < -0.4 is 26.0 Å². The molecule has 3 fully saturated rings. The molecule has 5 aliphatic rings. The van der Waals surface area contributed by atoms with Gasteiger partial charge in [0, 0.05) is 87.3 Å². The van der Waals surface area contributed by atoms with E-state index in [1.165, 1.54) is 5.56 Å². The van der Waals surface area contributed by atoms with Gasteiger partial charge < -0.3 is 15.1 Å². The quantitative estimate of drug-likeness (QED) is 0.145. The van der Waals surface area contributed by atoms with Crippen LogP contribution in [0.25, 0.3) is 16.9 Å². The summed E-state index contributed by atoms with van der Waals surface area (Å²) in [5.74, 6) is 0.00501. The van der Waals surface area contributed by atoms with Crippen molar-refractivity contribution in [3.63, 3.8) is 0 Å². The van der Waals surface area contributed by atoms with Crippen LogP contribution in [0.1, 0.15) is 70.5 Å². The molecule has 3 saturated heterocycles. The molecule has 4 amide bonds. The van der Waals surface area contributed by atoms with Crippen LogP contribution in [0, 0.1) is 5.92 Å². The number of benzene rings is 2. The third-order valence-electron chi connectivity index (χ3n) is 13.0. The zero-order valence-electron chi connectivity index (χ0n) is 34.0. The third kappa shape index (κ3) is 6.74. The van der Waals surface area contributed by atoms with E-state index in [9.17, 15) is 24.0 Å². The molecule has 0 saturated carbocycles. The Morgan fingerprint density at radius 3 is 2.44 bits per heavy atom.